The number of amides is 1. The number of ether oxygens (including phenoxy) is 1. The molecule has 1 amide bonds. The molecule has 0 spiro atoms. The molecule has 4 heteroatoms. The smallest absolute Gasteiger partial charge is 0.410 e. The van der Waals surface area contributed by atoms with E-state index in [0.717, 1.165) is 50.8 Å². The topological polar surface area (TPSA) is 32.8 Å². The van der Waals surface area contributed by atoms with Gasteiger partial charge in [0.2, 0.25) is 0 Å². The molecule has 0 unspecified atom stereocenters. The number of hydrogen-bond donors (Lipinski definition) is 0. The molecule has 2 rings (SSSR count). The van der Waals surface area contributed by atoms with E-state index in [4.69, 9.17) is 4.74 Å². The first-order valence-electron chi connectivity index (χ1n) is 9.67. The van der Waals surface area contributed by atoms with Crippen molar-refractivity contribution in [3.8, 4) is 17.6 Å². The van der Waals surface area contributed by atoms with Crippen LogP contribution in [0.1, 0.15) is 44.6 Å². The molecule has 142 valence electrons. The summed E-state index contributed by atoms with van der Waals surface area (Å²) in [5.41, 5.74) is 1.15. The zero-order valence-corrected chi connectivity index (χ0v) is 16.6. The van der Waals surface area contributed by atoms with Crippen LogP contribution in [0.5, 0.6) is 5.75 Å². The number of hydrogen-bond acceptors (Lipinski definition) is 3. The van der Waals surface area contributed by atoms with Crippen molar-refractivity contribution < 1.29 is 9.53 Å². The number of carbonyl (C=O) groups excluding carboxylic acids is 1. The van der Waals surface area contributed by atoms with E-state index in [1.54, 1.807) is 4.90 Å². The summed E-state index contributed by atoms with van der Waals surface area (Å²) in [7, 11) is 3.95. The summed E-state index contributed by atoms with van der Waals surface area (Å²) in [4.78, 5) is 16.4. The molecule has 0 saturated heterocycles. The van der Waals surface area contributed by atoms with Gasteiger partial charge in [-0.1, -0.05) is 36.5 Å². The van der Waals surface area contributed by atoms with Crippen molar-refractivity contribution in [2.24, 2.45) is 5.92 Å². The maximum atomic E-state index is 12.4. The Bertz CT molecular complexity index is 622. The van der Waals surface area contributed by atoms with Crippen LogP contribution < -0.4 is 4.74 Å². The molecule has 1 saturated carbocycles. The number of nitrogens with zero attached hydrogens (tertiary/aromatic N) is 2. The van der Waals surface area contributed by atoms with Crippen molar-refractivity contribution in [3.05, 3.63) is 29.8 Å². The molecule has 4 nitrogen and oxygen atoms in total. The number of benzene rings is 1. The lowest BCUT2D eigenvalue weighted by Crippen LogP contribution is -2.41. The van der Waals surface area contributed by atoms with Crippen LogP contribution in [0.3, 0.4) is 0 Å². The van der Waals surface area contributed by atoms with Crippen molar-refractivity contribution in [1.29, 1.82) is 0 Å². The molecule has 1 aromatic carbocycles. The van der Waals surface area contributed by atoms with E-state index in [-0.39, 0.29) is 12.1 Å². The van der Waals surface area contributed by atoms with Gasteiger partial charge in [0, 0.05) is 19.0 Å². The van der Waals surface area contributed by atoms with Crippen LogP contribution in [-0.4, -0.2) is 49.1 Å². The van der Waals surface area contributed by atoms with Crippen LogP contribution in [0.2, 0.25) is 0 Å². The van der Waals surface area contributed by atoms with Gasteiger partial charge in [0.15, 0.2) is 0 Å². The molecule has 0 heterocycles. The van der Waals surface area contributed by atoms with Gasteiger partial charge in [0.1, 0.15) is 5.75 Å². The van der Waals surface area contributed by atoms with E-state index in [9.17, 15) is 4.79 Å². The minimum Gasteiger partial charge on any atom is -0.410 e. The number of carbonyl (C=O) groups is 1. The van der Waals surface area contributed by atoms with Crippen LogP contribution in [0.15, 0.2) is 24.3 Å². The lowest BCUT2D eigenvalue weighted by molar-refractivity contribution is 0.129. The van der Waals surface area contributed by atoms with Crippen LogP contribution >= 0.6 is 0 Å². The molecule has 0 radical (unpaired) electrons. The van der Waals surface area contributed by atoms with Crippen molar-refractivity contribution >= 4 is 6.09 Å². The molecule has 0 aromatic heterocycles. The molecule has 0 N–H and O–H groups in total. The van der Waals surface area contributed by atoms with Gasteiger partial charge in [-0.15, -0.1) is 0 Å². The van der Waals surface area contributed by atoms with Gasteiger partial charge in [-0.3, -0.25) is 4.90 Å². The summed E-state index contributed by atoms with van der Waals surface area (Å²) in [5.74, 6) is 7.79. The predicted octanol–water partition coefficient (Wildman–Crippen LogP) is 4.33. The second kappa shape index (κ2) is 10.2. The molecule has 0 aliphatic heterocycles. The lowest BCUT2D eigenvalue weighted by Gasteiger charge is -2.32. The Labute approximate surface area is 158 Å². The average molecular weight is 357 g/mol. The molecule has 26 heavy (non-hydrogen) atoms. The van der Waals surface area contributed by atoms with Gasteiger partial charge in [-0.05, 0) is 64.8 Å². The van der Waals surface area contributed by atoms with E-state index < -0.39 is 0 Å². The van der Waals surface area contributed by atoms with Crippen LogP contribution in [0.4, 0.5) is 4.79 Å². The highest BCUT2D eigenvalue weighted by Crippen LogP contribution is 2.27. The van der Waals surface area contributed by atoms with Gasteiger partial charge in [0.05, 0.1) is 6.54 Å². The molecule has 1 fully saturated rings. The first kappa shape index (κ1) is 20.3. The summed E-state index contributed by atoms with van der Waals surface area (Å²) < 4.78 is 5.48. The van der Waals surface area contributed by atoms with Crippen molar-refractivity contribution in [3.63, 3.8) is 0 Å². The molecular formula is C22H32N2O2. The summed E-state index contributed by atoms with van der Waals surface area (Å²) in [5, 5.41) is 0. The van der Waals surface area contributed by atoms with Crippen molar-refractivity contribution in [2.75, 3.05) is 27.2 Å². The Morgan fingerprint density at radius 2 is 1.81 bits per heavy atom. The molecule has 1 aliphatic carbocycles. The standard InChI is InChI=1S/C22H32N2O2/c1-5-16-23(3)17-6-7-19-10-12-20(13-11-19)24(4)22(25)26-21-14-8-18(2)9-15-21/h8-9,14-15,19-20H,5,10-13,16-17H2,1-4H3. The second-order valence-corrected chi connectivity index (χ2v) is 7.36. The molecule has 0 atom stereocenters. The SMILES string of the molecule is CCCN(C)CC#CC1CCC(N(C)C(=O)Oc2ccc(C)cc2)CC1. The van der Waals surface area contributed by atoms with E-state index in [1.807, 2.05) is 38.2 Å². The largest absolute Gasteiger partial charge is 0.415 e. The maximum absolute atomic E-state index is 12.4. The first-order valence-corrected chi connectivity index (χ1v) is 9.67. The van der Waals surface area contributed by atoms with Crippen molar-refractivity contribution in [2.45, 2.75) is 52.0 Å². The fourth-order valence-electron chi connectivity index (χ4n) is 3.32. The third-order valence-electron chi connectivity index (χ3n) is 5.02. The van der Waals surface area contributed by atoms with Crippen LogP contribution in [-0.2, 0) is 0 Å². The van der Waals surface area contributed by atoms with Crippen LogP contribution in [0, 0.1) is 24.7 Å². The molecule has 1 aliphatic rings. The second-order valence-electron chi connectivity index (χ2n) is 7.36. The maximum Gasteiger partial charge on any atom is 0.415 e. The lowest BCUT2D eigenvalue weighted by atomic mass is 9.86. The minimum absolute atomic E-state index is 0.244. The fraction of sp³-hybridized carbons (Fsp3) is 0.591. The Hall–Kier alpha value is -1.99. The Morgan fingerprint density at radius 3 is 2.42 bits per heavy atom. The Balaban J connectivity index is 1.76. The van der Waals surface area contributed by atoms with Gasteiger partial charge in [0.25, 0.3) is 0 Å². The van der Waals surface area contributed by atoms with Crippen LogP contribution in [0.25, 0.3) is 0 Å². The molecule has 0 bridgehead atoms. The minimum atomic E-state index is -0.274. The third kappa shape index (κ3) is 6.38. The average Bonchev–Trinajstić information content (AvgIpc) is 2.64. The molecular weight excluding hydrogens is 324 g/mol. The highest BCUT2D eigenvalue weighted by molar-refractivity contribution is 5.70. The zero-order valence-electron chi connectivity index (χ0n) is 16.6. The quantitative estimate of drug-likeness (QED) is 0.736. The zero-order chi connectivity index (χ0) is 18.9. The summed E-state index contributed by atoms with van der Waals surface area (Å²) in [6.07, 6.45) is 4.97. The van der Waals surface area contributed by atoms with Gasteiger partial charge < -0.3 is 9.64 Å². The predicted molar refractivity (Wildman–Crippen MR) is 106 cm³/mol. The monoisotopic (exact) mass is 356 g/mol. The summed E-state index contributed by atoms with van der Waals surface area (Å²) in [6, 6.07) is 7.81. The van der Waals surface area contributed by atoms with Crippen molar-refractivity contribution in [1.82, 2.24) is 9.80 Å². The Kier molecular flexibility index (Phi) is 8.00. The normalized spacial score (nSPS) is 19.6. The first-order chi connectivity index (χ1) is 12.5. The highest BCUT2D eigenvalue weighted by atomic mass is 16.6. The fourth-order valence-corrected chi connectivity index (χ4v) is 3.32. The highest BCUT2D eigenvalue weighted by Gasteiger charge is 2.26. The summed E-state index contributed by atoms with van der Waals surface area (Å²) in [6.45, 7) is 6.14. The third-order valence-corrected chi connectivity index (χ3v) is 5.02. The molecule has 1 aromatic rings. The van der Waals surface area contributed by atoms with Gasteiger partial charge in [-0.25, -0.2) is 4.79 Å². The number of aryl methyl sites for hydroxylation is 1. The van der Waals surface area contributed by atoms with E-state index in [2.05, 4.69) is 30.7 Å². The van der Waals surface area contributed by atoms with Gasteiger partial charge in [-0.2, -0.15) is 0 Å². The van der Waals surface area contributed by atoms with E-state index in [0.29, 0.717) is 11.7 Å². The van der Waals surface area contributed by atoms with Gasteiger partial charge >= 0.3 is 6.09 Å². The Morgan fingerprint density at radius 1 is 1.15 bits per heavy atom. The van der Waals surface area contributed by atoms with E-state index in [1.165, 1.54) is 0 Å². The number of rotatable bonds is 5. The summed E-state index contributed by atoms with van der Waals surface area (Å²) >= 11 is 0. The van der Waals surface area contributed by atoms with E-state index >= 15 is 0 Å².